The number of para-hydroxylation sites is 2. The molecular formula is C39H29N. The van der Waals surface area contributed by atoms with E-state index in [1.165, 1.54) is 72.0 Å². The smallest absolute Gasteiger partial charge is 0.0547 e. The van der Waals surface area contributed by atoms with E-state index >= 15 is 0 Å². The van der Waals surface area contributed by atoms with Crippen molar-refractivity contribution in [3.63, 3.8) is 0 Å². The van der Waals surface area contributed by atoms with Gasteiger partial charge in [0.05, 0.1) is 11.0 Å². The van der Waals surface area contributed by atoms with Crippen LogP contribution in [0, 0.1) is 0 Å². The summed E-state index contributed by atoms with van der Waals surface area (Å²) >= 11 is 0. The van der Waals surface area contributed by atoms with E-state index in [0.717, 1.165) is 0 Å². The minimum Gasteiger partial charge on any atom is -0.309 e. The van der Waals surface area contributed by atoms with Gasteiger partial charge < -0.3 is 4.57 Å². The lowest BCUT2D eigenvalue weighted by atomic mass is 9.81. The summed E-state index contributed by atoms with van der Waals surface area (Å²) in [5, 5.41) is 2.59. The van der Waals surface area contributed by atoms with Crippen molar-refractivity contribution in [2.24, 2.45) is 0 Å². The van der Waals surface area contributed by atoms with Gasteiger partial charge in [0.25, 0.3) is 0 Å². The highest BCUT2D eigenvalue weighted by Crippen LogP contribution is 2.51. The summed E-state index contributed by atoms with van der Waals surface area (Å²) in [6.07, 6.45) is 0. The van der Waals surface area contributed by atoms with Crippen LogP contribution in [0.4, 0.5) is 0 Å². The Kier molecular flexibility index (Phi) is 4.93. The molecule has 1 nitrogen and oxygen atoms in total. The maximum Gasteiger partial charge on any atom is 0.0547 e. The maximum atomic E-state index is 2.45. The van der Waals surface area contributed by atoms with Crippen molar-refractivity contribution in [2.45, 2.75) is 19.3 Å². The van der Waals surface area contributed by atoms with Gasteiger partial charge in [0, 0.05) is 21.9 Å². The molecular weight excluding hydrogens is 482 g/mol. The first-order chi connectivity index (χ1) is 19.6. The van der Waals surface area contributed by atoms with Crippen LogP contribution >= 0.6 is 0 Å². The molecule has 0 saturated carbocycles. The van der Waals surface area contributed by atoms with Crippen molar-refractivity contribution in [2.75, 3.05) is 0 Å². The maximum absolute atomic E-state index is 2.45. The van der Waals surface area contributed by atoms with Gasteiger partial charge >= 0.3 is 0 Å². The van der Waals surface area contributed by atoms with Gasteiger partial charge in [-0.2, -0.15) is 0 Å². The van der Waals surface area contributed by atoms with Gasteiger partial charge in [0.2, 0.25) is 0 Å². The zero-order valence-electron chi connectivity index (χ0n) is 22.7. The van der Waals surface area contributed by atoms with Crippen molar-refractivity contribution in [3.05, 3.63) is 151 Å². The highest BCUT2D eigenvalue weighted by molar-refractivity contribution is 6.15. The molecule has 0 fully saturated rings. The van der Waals surface area contributed by atoms with Crippen molar-refractivity contribution >= 4 is 21.8 Å². The molecule has 0 spiro atoms. The second kappa shape index (κ2) is 8.56. The van der Waals surface area contributed by atoms with Crippen LogP contribution in [0.5, 0.6) is 0 Å². The first-order valence-corrected chi connectivity index (χ1v) is 14.0. The Morgan fingerprint density at radius 1 is 0.450 bits per heavy atom. The molecule has 8 rings (SSSR count). The van der Waals surface area contributed by atoms with Crippen LogP contribution in [-0.2, 0) is 5.41 Å². The van der Waals surface area contributed by atoms with Gasteiger partial charge in [-0.15, -0.1) is 0 Å². The minimum atomic E-state index is -0.0676. The number of aromatic nitrogens is 1. The SMILES string of the molecule is CC1(C)c2ccc(-c3ccccc3)cc2-c2ccc(-c3cccc4c3c3ccccc3n4-c3ccccc3)cc21. The Bertz CT molecular complexity index is 2060. The van der Waals surface area contributed by atoms with E-state index in [2.05, 4.69) is 158 Å². The minimum absolute atomic E-state index is 0.0676. The van der Waals surface area contributed by atoms with Crippen LogP contribution in [0.15, 0.2) is 140 Å². The quantitative estimate of drug-likeness (QED) is 0.222. The molecule has 0 amide bonds. The van der Waals surface area contributed by atoms with Gasteiger partial charge in [0.1, 0.15) is 0 Å². The Morgan fingerprint density at radius 2 is 1.15 bits per heavy atom. The van der Waals surface area contributed by atoms with Crippen LogP contribution in [0.1, 0.15) is 25.0 Å². The van der Waals surface area contributed by atoms with Crippen LogP contribution < -0.4 is 0 Å². The molecule has 0 N–H and O–H groups in total. The molecule has 1 aliphatic rings. The fraction of sp³-hybridized carbons (Fsp3) is 0.0769. The van der Waals surface area contributed by atoms with Gasteiger partial charge in [-0.05, 0) is 80.9 Å². The number of nitrogens with zero attached hydrogens (tertiary/aromatic N) is 1. The van der Waals surface area contributed by atoms with Crippen molar-refractivity contribution in [1.82, 2.24) is 4.57 Å². The van der Waals surface area contributed by atoms with E-state index in [4.69, 9.17) is 0 Å². The summed E-state index contributed by atoms with van der Waals surface area (Å²) in [7, 11) is 0. The third-order valence-electron chi connectivity index (χ3n) is 8.81. The number of benzene rings is 6. The summed E-state index contributed by atoms with van der Waals surface area (Å²) in [5.74, 6) is 0. The molecule has 1 heterocycles. The van der Waals surface area contributed by atoms with Gasteiger partial charge in [0.15, 0.2) is 0 Å². The lowest BCUT2D eigenvalue weighted by molar-refractivity contribution is 0.660. The molecule has 40 heavy (non-hydrogen) atoms. The third-order valence-corrected chi connectivity index (χ3v) is 8.81. The predicted octanol–water partition coefficient (Wildman–Crippen LogP) is 10.4. The molecule has 7 aromatic rings. The molecule has 0 radical (unpaired) electrons. The van der Waals surface area contributed by atoms with E-state index in [-0.39, 0.29) is 5.41 Å². The van der Waals surface area contributed by atoms with Crippen LogP contribution in [0.25, 0.3) is 60.9 Å². The van der Waals surface area contributed by atoms with E-state index in [1.54, 1.807) is 0 Å². The third kappa shape index (κ3) is 3.28. The van der Waals surface area contributed by atoms with Crippen molar-refractivity contribution in [3.8, 4) is 39.1 Å². The van der Waals surface area contributed by atoms with E-state index < -0.39 is 0 Å². The molecule has 0 unspecified atom stereocenters. The van der Waals surface area contributed by atoms with E-state index in [1.807, 2.05) is 0 Å². The van der Waals surface area contributed by atoms with E-state index in [9.17, 15) is 0 Å². The van der Waals surface area contributed by atoms with Crippen LogP contribution in [0.2, 0.25) is 0 Å². The normalized spacial score (nSPS) is 13.4. The second-order valence-corrected chi connectivity index (χ2v) is 11.4. The largest absolute Gasteiger partial charge is 0.309 e. The molecule has 1 aromatic heterocycles. The molecule has 6 aromatic carbocycles. The fourth-order valence-corrected chi connectivity index (χ4v) is 6.85. The topological polar surface area (TPSA) is 4.93 Å². The monoisotopic (exact) mass is 511 g/mol. The molecule has 190 valence electrons. The van der Waals surface area contributed by atoms with Crippen LogP contribution in [-0.4, -0.2) is 4.57 Å². The summed E-state index contributed by atoms with van der Waals surface area (Å²) in [5.41, 5.74) is 14.2. The summed E-state index contributed by atoms with van der Waals surface area (Å²) in [6.45, 7) is 4.73. The number of hydrogen-bond acceptors (Lipinski definition) is 0. The molecule has 0 aliphatic heterocycles. The summed E-state index contributed by atoms with van der Waals surface area (Å²) in [6, 6.07) is 51.0. The molecule has 1 aliphatic carbocycles. The fourth-order valence-electron chi connectivity index (χ4n) is 6.85. The molecule has 0 atom stereocenters. The van der Waals surface area contributed by atoms with Crippen molar-refractivity contribution in [1.29, 1.82) is 0 Å². The zero-order chi connectivity index (χ0) is 26.8. The average molecular weight is 512 g/mol. The van der Waals surface area contributed by atoms with Gasteiger partial charge in [-0.25, -0.2) is 0 Å². The summed E-state index contributed by atoms with van der Waals surface area (Å²) < 4.78 is 2.40. The number of rotatable bonds is 3. The van der Waals surface area contributed by atoms with Crippen molar-refractivity contribution < 1.29 is 0 Å². The van der Waals surface area contributed by atoms with Crippen LogP contribution in [0.3, 0.4) is 0 Å². The van der Waals surface area contributed by atoms with E-state index in [0.29, 0.717) is 0 Å². The first kappa shape index (κ1) is 23.0. The Labute approximate surface area is 235 Å². The number of fused-ring (bicyclic) bond motifs is 6. The average Bonchev–Trinajstić information content (AvgIpc) is 3.46. The lowest BCUT2D eigenvalue weighted by Crippen LogP contribution is -2.15. The Hall–Kier alpha value is -4.88. The predicted molar refractivity (Wildman–Crippen MR) is 169 cm³/mol. The highest BCUT2D eigenvalue weighted by atomic mass is 15.0. The Balaban J connectivity index is 1.34. The van der Waals surface area contributed by atoms with Gasteiger partial charge in [-0.3, -0.25) is 0 Å². The lowest BCUT2D eigenvalue weighted by Gasteiger charge is -2.22. The molecule has 1 heteroatoms. The zero-order valence-corrected chi connectivity index (χ0v) is 22.7. The first-order valence-electron chi connectivity index (χ1n) is 14.0. The molecule has 0 saturated heterocycles. The molecule has 0 bridgehead atoms. The standard InChI is InChI=1S/C39H29N/c1-39(2)34-23-21-27(26-12-5-3-6-13-26)24-33(34)31-22-20-28(25-35(31)39)30-17-11-19-37-38(30)32-16-9-10-18-36(32)40(37)29-14-7-4-8-15-29/h3-25H,1-2H3. The number of hydrogen-bond donors (Lipinski definition) is 0. The summed E-state index contributed by atoms with van der Waals surface area (Å²) in [4.78, 5) is 0. The Morgan fingerprint density at radius 3 is 1.98 bits per heavy atom. The van der Waals surface area contributed by atoms with Gasteiger partial charge in [-0.1, -0.05) is 117 Å². The highest BCUT2D eigenvalue weighted by Gasteiger charge is 2.36. The second-order valence-electron chi connectivity index (χ2n) is 11.4.